The molecule has 16 heavy (non-hydrogen) atoms. The van der Waals surface area contributed by atoms with Crippen LogP contribution < -0.4 is 5.32 Å². The fourth-order valence-electron chi connectivity index (χ4n) is 2.14. The van der Waals surface area contributed by atoms with E-state index >= 15 is 0 Å². The molecule has 0 aromatic carbocycles. The number of hydrogen-bond acceptors (Lipinski definition) is 3. The zero-order valence-corrected chi connectivity index (χ0v) is 10.4. The number of nitriles is 1. The monoisotopic (exact) mass is 223 g/mol. The van der Waals surface area contributed by atoms with Crippen molar-refractivity contribution in [2.24, 2.45) is 5.92 Å². The van der Waals surface area contributed by atoms with Gasteiger partial charge in [-0.2, -0.15) is 5.26 Å². The molecule has 2 atom stereocenters. The normalized spacial score (nSPS) is 24.4. The largest absolute Gasteiger partial charge is 0.338 e. The molecule has 1 saturated heterocycles. The minimum Gasteiger partial charge on any atom is -0.338 e. The number of carbonyl (C=O) groups is 1. The van der Waals surface area contributed by atoms with Crippen molar-refractivity contribution < 1.29 is 4.79 Å². The first-order valence-corrected chi connectivity index (χ1v) is 5.98. The molecule has 1 aliphatic rings. The fourth-order valence-corrected chi connectivity index (χ4v) is 2.14. The summed E-state index contributed by atoms with van der Waals surface area (Å²) in [5.41, 5.74) is 0. The summed E-state index contributed by atoms with van der Waals surface area (Å²) in [4.78, 5) is 14.1. The number of hydrogen-bond donors (Lipinski definition) is 1. The third-order valence-corrected chi connectivity index (χ3v) is 3.17. The average Bonchev–Trinajstić information content (AvgIpc) is 2.64. The maximum atomic E-state index is 12.3. The van der Waals surface area contributed by atoms with E-state index in [1.807, 2.05) is 18.7 Å². The van der Waals surface area contributed by atoms with E-state index < -0.39 is 0 Å². The molecule has 4 heteroatoms. The Kier molecular flexibility index (Phi) is 4.75. The van der Waals surface area contributed by atoms with Gasteiger partial charge in [0.25, 0.3) is 0 Å². The second-order valence-electron chi connectivity index (χ2n) is 4.73. The topological polar surface area (TPSA) is 56.1 Å². The van der Waals surface area contributed by atoms with E-state index in [2.05, 4.69) is 18.3 Å². The van der Waals surface area contributed by atoms with Crippen molar-refractivity contribution in [3.8, 4) is 6.07 Å². The lowest BCUT2D eigenvalue weighted by molar-refractivity contribution is -0.135. The molecule has 90 valence electrons. The molecule has 1 amide bonds. The van der Waals surface area contributed by atoms with E-state index in [1.165, 1.54) is 0 Å². The van der Waals surface area contributed by atoms with Crippen LogP contribution in [-0.4, -0.2) is 36.0 Å². The molecular weight excluding hydrogens is 202 g/mol. The van der Waals surface area contributed by atoms with Gasteiger partial charge in [0.15, 0.2) is 0 Å². The first kappa shape index (κ1) is 13.0. The number of carbonyl (C=O) groups excluding carboxylic acids is 1. The summed E-state index contributed by atoms with van der Waals surface area (Å²) >= 11 is 0. The Balaban J connectivity index is 2.63. The summed E-state index contributed by atoms with van der Waals surface area (Å²) in [6.45, 7) is 7.55. The van der Waals surface area contributed by atoms with E-state index in [4.69, 9.17) is 5.26 Å². The molecule has 0 saturated carbocycles. The van der Waals surface area contributed by atoms with Crippen LogP contribution in [0.1, 0.15) is 33.6 Å². The SMILES string of the molecule is CC1CCNC1C(=O)N(CCC#N)C(C)C. The number of nitrogens with zero attached hydrogens (tertiary/aromatic N) is 2. The van der Waals surface area contributed by atoms with Gasteiger partial charge in [0.05, 0.1) is 18.5 Å². The Bertz CT molecular complexity index is 282. The van der Waals surface area contributed by atoms with Gasteiger partial charge in [-0.15, -0.1) is 0 Å². The molecule has 2 unspecified atom stereocenters. The molecule has 1 heterocycles. The molecule has 1 fully saturated rings. The molecule has 0 aliphatic carbocycles. The van der Waals surface area contributed by atoms with Gasteiger partial charge in [0.1, 0.15) is 0 Å². The molecule has 1 rings (SSSR count). The standard InChI is InChI=1S/C12H21N3O/c1-9(2)15(8-4-6-13)12(16)11-10(3)5-7-14-11/h9-11,14H,4-5,7-8H2,1-3H3. The van der Waals surface area contributed by atoms with Gasteiger partial charge in [-0.1, -0.05) is 6.92 Å². The van der Waals surface area contributed by atoms with Gasteiger partial charge >= 0.3 is 0 Å². The van der Waals surface area contributed by atoms with Crippen molar-refractivity contribution in [2.45, 2.75) is 45.7 Å². The summed E-state index contributed by atoms with van der Waals surface area (Å²) in [5.74, 6) is 0.547. The maximum Gasteiger partial charge on any atom is 0.240 e. The van der Waals surface area contributed by atoms with Gasteiger partial charge in [-0.3, -0.25) is 4.79 Å². The van der Waals surface area contributed by atoms with Crippen LogP contribution in [0.15, 0.2) is 0 Å². The molecule has 1 aliphatic heterocycles. The Hall–Kier alpha value is -1.08. The lowest BCUT2D eigenvalue weighted by Crippen LogP contribution is -2.49. The number of nitrogens with one attached hydrogen (secondary N) is 1. The Morgan fingerprint density at radius 1 is 1.62 bits per heavy atom. The lowest BCUT2D eigenvalue weighted by Gasteiger charge is -2.30. The Morgan fingerprint density at radius 3 is 2.75 bits per heavy atom. The Morgan fingerprint density at radius 2 is 2.31 bits per heavy atom. The second kappa shape index (κ2) is 5.86. The summed E-state index contributed by atoms with van der Waals surface area (Å²) in [7, 11) is 0. The fraction of sp³-hybridized carbons (Fsp3) is 0.833. The van der Waals surface area contributed by atoms with E-state index in [0.717, 1.165) is 13.0 Å². The van der Waals surface area contributed by atoms with Crippen LogP contribution in [0.5, 0.6) is 0 Å². The van der Waals surface area contributed by atoms with Gasteiger partial charge in [0, 0.05) is 12.6 Å². The van der Waals surface area contributed by atoms with E-state index in [0.29, 0.717) is 18.9 Å². The van der Waals surface area contributed by atoms with Crippen molar-refractivity contribution in [3.63, 3.8) is 0 Å². The molecular formula is C12H21N3O. The minimum absolute atomic E-state index is 0.0545. The summed E-state index contributed by atoms with van der Waals surface area (Å²) in [6.07, 6.45) is 1.46. The van der Waals surface area contributed by atoms with Crippen molar-refractivity contribution in [1.29, 1.82) is 5.26 Å². The van der Waals surface area contributed by atoms with Gasteiger partial charge in [0.2, 0.25) is 5.91 Å². The highest BCUT2D eigenvalue weighted by Crippen LogP contribution is 2.17. The molecule has 0 spiro atoms. The molecule has 0 aromatic heterocycles. The van der Waals surface area contributed by atoms with Crippen molar-refractivity contribution >= 4 is 5.91 Å². The zero-order valence-electron chi connectivity index (χ0n) is 10.4. The summed E-state index contributed by atoms with van der Waals surface area (Å²) in [6, 6.07) is 2.20. The first-order valence-electron chi connectivity index (χ1n) is 5.98. The average molecular weight is 223 g/mol. The first-order chi connectivity index (χ1) is 7.57. The molecule has 0 radical (unpaired) electrons. The zero-order chi connectivity index (χ0) is 12.1. The van der Waals surface area contributed by atoms with Crippen LogP contribution in [0.3, 0.4) is 0 Å². The van der Waals surface area contributed by atoms with Crippen LogP contribution in [0.2, 0.25) is 0 Å². The lowest BCUT2D eigenvalue weighted by atomic mass is 10.0. The predicted molar refractivity (Wildman–Crippen MR) is 62.7 cm³/mol. The van der Waals surface area contributed by atoms with Crippen molar-refractivity contribution in [1.82, 2.24) is 10.2 Å². The summed E-state index contributed by atoms with van der Waals surface area (Å²) in [5, 5.41) is 11.8. The third-order valence-electron chi connectivity index (χ3n) is 3.17. The maximum absolute atomic E-state index is 12.3. The van der Waals surface area contributed by atoms with E-state index in [9.17, 15) is 4.79 Å². The van der Waals surface area contributed by atoms with Crippen LogP contribution >= 0.6 is 0 Å². The van der Waals surface area contributed by atoms with E-state index in [1.54, 1.807) is 0 Å². The van der Waals surface area contributed by atoms with Crippen LogP contribution in [0.25, 0.3) is 0 Å². The van der Waals surface area contributed by atoms with Gasteiger partial charge in [-0.25, -0.2) is 0 Å². The number of amides is 1. The van der Waals surface area contributed by atoms with Crippen LogP contribution in [0.4, 0.5) is 0 Å². The molecule has 1 N–H and O–H groups in total. The quantitative estimate of drug-likeness (QED) is 0.777. The van der Waals surface area contributed by atoms with Crippen LogP contribution in [-0.2, 0) is 4.79 Å². The highest BCUT2D eigenvalue weighted by atomic mass is 16.2. The molecule has 0 bridgehead atoms. The smallest absolute Gasteiger partial charge is 0.240 e. The van der Waals surface area contributed by atoms with Gasteiger partial charge in [-0.05, 0) is 32.7 Å². The highest BCUT2D eigenvalue weighted by Gasteiger charge is 2.33. The third kappa shape index (κ3) is 2.96. The summed E-state index contributed by atoms with van der Waals surface area (Å²) < 4.78 is 0. The minimum atomic E-state index is -0.0545. The van der Waals surface area contributed by atoms with Gasteiger partial charge < -0.3 is 10.2 Å². The highest BCUT2D eigenvalue weighted by molar-refractivity contribution is 5.82. The predicted octanol–water partition coefficient (Wildman–Crippen LogP) is 1.14. The number of rotatable bonds is 4. The molecule has 0 aromatic rings. The second-order valence-corrected chi connectivity index (χ2v) is 4.73. The van der Waals surface area contributed by atoms with E-state index in [-0.39, 0.29) is 18.0 Å². The molecule has 4 nitrogen and oxygen atoms in total. The Labute approximate surface area is 97.6 Å². The van der Waals surface area contributed by atoms with Crippen molar-refractivity contribution in [3.05, 3.63) is 0 Å². The van der Waals surface area contributed by atoms with Crippen LogP contribution in [0, 0.1) is 17.2 Å². The van der Waals surface area contributed by atoms with Crippen molar-refractivity contribution in [2.75, 3.05) is 13.1 Å².